The van der Waals surface area contributed by atoms with Gasteiger partial charge in [-0.2, -0.15) is 57.1 Å². The zero-order valence-corrected chi connectivity index (χ0v) is 13.9. The summed E-state index contributed by atoms with van der Waals surface area (Å²) in [6.45, 7) is 0. The van der Waals surface area contributed by atoms with Crippen LogP contribution in [0.4, 0.5) is 62.8 Å². The molecule has 0 aliphatic rings. The summed E-state index contributed by atoms with van der Waals surface area (Å²) in [7, 11) is 0. The van der Waals surface area contributed by atoms with Crippen molar-refractivity contribution in [3.63, 3.8) is 0 Å². The van der Waals surface area contributed by atoms with Crippen molar-refractivity contribution in [1.82, 2.24) is 0 Å². The van der Waals surface area contributed by atoms with Gasteiger partial charge in [-0.3, -0.25) is 10.1 Å². The largest absolute Gasteiger partial charge is 0.460 e. The van der Waals surface area contributed by atoms with Gasteiger partial charge in [0.2, 0.25) is 0 Å². The molecule has 0 aliphatic heterocycles. The minimum absolute atomic E-state index is 0.410. The van der Waals surface area contributed by atoms with E-state index in [4.69, 9.17) is 0 Å². The number of hydrogen-bond acceptors (Lipinski definition) is 2. The van der Waals surface area contributed by atoms with Crippen molar-refractivity contribution in [2.75, 3.05) is 0 Å². The van der Waals surface area contributed by atoms with E-state index in [-0.39, 0.29) is 0 Å². The van der Waals surface area contributed by atoms with Crippen molar-refractivity contribution in [2.45, 2.75) is 48.6 Å². The van der Waals surface area contributed by atoms with E-state index in [0.29, 0.717) is 12.1 Å². The quantitative estimate of drug-likeness (QED) is 0.256. The second-order valence-corrected chi connectivity index (χ2v) is 5.92. The highest BCUT2D eigenvalue weighted by Gasteiger charge is 2.90. The molecule has 0 bridgehead atoms. The first kappa shape index (κ1) is 25.7. The summed E-state index contributed by atoms with van der Waals surface area (Å²) >= 11 is 0. The number of nitrogens with zero attached hydrogens (tertiary/aromatic N) is 1. The summed E-state index contributed by atoms with van der Waals surface area (Å²) in [5.74, 6) is -37.0. The van der Waals surface area contributed by atoms with E-state index in [1.807, 2.05) is 0 Å². The lowest BCUT2D eigenvalue weighted by Gasteiger charge is -2.39. The first-order valence-electron chi connectivity index (χ1n) is 7.32. The van der Waals surface area contributed by atoms with Crippen molar-refractivity contribution in [3.05, 3.63) is 39.9 Å². The molecule has 0 saturated heterocycles. The molecule has 0 radical (unpaired) electrons. The van der Waals surface area contributed by atoms with Gasteiger partial charge < -0.3 is 0 Å². The Morgan fingerprint density at radius 1 is 0.667 bits per heavy atom. The number of halogens is 13. The van der Waals surface area contributed by atoms with E-state index in [1.165, 1.54) is 0 Å². The zero-order valence-electron chi connectivity index (χ0n) is 13.9. The first-order chi connectivity index (χ1) is 13.1. The Kier molecular flexibility index (Phi) is 6.39. The van der Waals surface area contributed by atoms with Gasteiger partial charge in [0.15, 0.2) is 0 Å². The molecule has 0 aliphatic carbocycles. The van der Waals surface area contributed by atoms with Gasteiger partial charge in [0.1, 0.15) is 0 Å². The van der Waals surface area contributed by atoms with Crippen LogP contribution in [-0.4, -0.2) is 40.7 Å². The predicted octanol–water partition coefficient (Wildman–Crippen LogP) is 6.27. The van der Waals surface area contributed by atoms with E-state index in [1.54, 1.807) is 0 Å². The second-order valence-electron chi connectivity index (χ2n) is 5.92. The van der Waals surface area contributed by atoms with E-state index < -0.39 is 64.8 Å². The van der Waals surface area contributed by atoms with Gasteiger partial charge in [0, 0.05) is 18.6 Å². The summed E-state index contributed by atoms with van der Waals surface area (Å²) in [6.07, 6.45) is -11.1. The summed E-state index contributed by atoms with van der Waals surface area (Å²) in [5, 5.41) is 10.4. The highest BCUT2D eigenvalue weighted by Crippen LogP contribution is 2.60. The van der Waals surface area contributed by atoms with E-state index >= 15 is 0 Å². The molecule has 0 unspecified atom stereocenters. The fraction of sp³-hybridized carbons (Fsp3) is 0.571. The molecular weight excluding hydrogens is 461 g/mol. The summed E-state index contributed by atoms with van der Waals surface area (Å²) in [4.78, 5) is 9.46. The molecule has 16 heteroatoms. The Balaban J connectivity index is 3.20. The number of hydrogen-bond donors (Lipinski definition) is 0. The van der Waals surface area contributed by atoms with Crippen LogP contribution in [-0.2, 0) is 6.42 Å². The van der Waals surface area contributed by atoms with Gasteiger partial charge in [-0.25, -0.2) is 0 Å². The lowest BCUT2D eigenvalue weighted by molar-refractivity contribution is -0.440. The minimum Gasteiger partial charge on any atom is -0.258 e. The Morgan fingerprint density at radius 2 is 1.07 bits per heavy atom. The van der Waals surface area contributed by atoms with Gasteiger partial charge in [-0.1, -0.05) is 12.1 Å². The maximum absolute atomic E-state index is 13.6. The Hall–Kier alpha value is -2.29. The van der Waals surface area contributed by atoms with Crippen LogP contribution in [0.2, 0.25) is 0 Å². The third-order valence-electron chi connectivity index (χ3n) is 3.87. The Morgan fingerprint density at radius 3 is 1.43 bits per heavy atom. The molecule has 0 saturated carbocycles. The molecule has 0 heterocycles. The van der Waals surface area contributed by atoms with Crippen molar-refractivity contribution >= 4 is 5.69 Å². The van der Waals surface area contributed by atoms with Crippen LogP contribution in [0.15, 0.2) is 24.3 Å². The maximum Gasteiger partial charge on any atom is 0.460 e. The normalized spacial score (nSPS) is 14.7. The lowest BCUT2D eigenvalue weighted by Crippen LogP contribution is -2.70. The first-order valence-corrected chi connectivity index (χ1v) is 7.32. The lowest BCUT2D eigenvalue weighted by atomic mass is 9.91. The van der Waals surface area contributed by atoms with Crippen LogP contribution in [0.1, 0.15) is 12.0 Å². The predicted molar refractivity (Wildman–Crippen MR) is 72.2 cm³/mol. The molecule has 1 aromatic rings. The van der Waals surface area contributed by atoms with Crippen LogP contribution < -0.4 is 0 Å². The summed E-state index contributed by atoms with van der Waals surface area (Å²) in [5.41, 5.74) is -0.997. The van der Waals surface area contributed by atoms with Crippen molar-refractivity contribution in [2.24, 2.45) is 0 Å². The molecule has 0 aromatic heterocycles. The van der Waals surface area contributed by atoms with Gasteiger partial charge in [-0.05, 0) is 12.0 Å². The highest BCUT2D eigenvalue weighted by atomic mass is 19.4. The molecule has 0 amide bonds. The van der Waals surface area contributed by atoms with Crippen molar-refractivity contribution < 1.29 is 62.0 Å². The SMILES string of the molecule is O=[N+]([O-])c1ccc(CCC(F)(F)C(F)(F)C(F)(F)C(F)(F)C(F)(F)C(F)(F)F)cc1. The van der Waals surface area contributed by atoms with E-state index in [0.717, 1.165) is 12.1 Å². The standard InChI is InChI=1S/C14H8F13NO2/c15-9(16,6-5-7-1-3-8(4-2-7)28(29)30)10(17,18)11(19,20)12(21,22)13(23,24)14(25,26)27/h1-4H,5-6H2. The van der Waals surface area contributed by atoms with Gasteiger partial charge in [0.25, 0.3) is 5.69 Å². The summed E-state index contributed by atoms with van der Waals surface area (Å²) in [6, 6.07) is 2.82. The second kappa shape index (κ2) is 7.44. The fourth-order valence-corrected chi connectivity index (χ4v) is 2.04. The van der Waals surface area contributed by atoms with Gasteiger partial charge in [-0.15, -0.1) is 0 Å². The molecule has 0 spiro atoms. The Bertz CT molecular complexity index is 771. The molecule has 1 rings (SSSR count). The number of alkyl halides is 13. The average Bonchev–Trinajstić information content (AvgIpc) is 2.58. The van der Waals surface area contributed by atoms with Crippen LogP contribution in [0, 0.1) is 10.1 Å². The average molecular weight is 469 g/mol. The highest BCUT2D eigenvalue weighted by molar-refractivity contribution is 5.33. The zero-order chi connectivity index (χ0) is 24.0. The maximum atomic E-state index is 13.6. The molecule has 0 atom stereocenters. The van der Waals surface area contributed by atoms with Crippen molar-refractivity contribution in [1.29, 1.82) is 0 Å². The minimum atomic E-state index is -7.93. The van der Waals surface area contributed by atoms with E-state index in [2.05, 4.69) is 0 Å². The number of aryl methyl sites for hydroxylation is 1. The molecule has 3 nitrogen and oxygen atoms in total. The van der Waals surface area contributed by atoms with Crippen LogP contribution in [0.25, 0.3) is 0 Å². The fourth-order valence-electron chi connectivity index (χ4n) is 2.04. The third kappa shape index (κ3) is 3.99. The third-order valence-corrected chi connectivity index (χ3v) is 3.87. The topological polar surface area (TPSA) is 43.1 Å². The molecule has 1 aromatic carbocycles. The monoisotopic (exact) mass is 469 g/mol. The number of nitro benzene ring substituents is 1. The molecule has 0 fully saturated rings. The molecule has 0 N–H and O–H groups in total. The smallest absolute Gasteiger partial charge is 0.258 e. The van der Waals surface area contributed by atoms with E-state index in [9.17, 15) is 67.2 Å². The van der Waals surface area contributed by atoms with Crippen LogP contribution in [0.5, 0.6) is 0 Å². The molecule has 172 valence electrons. The number of non-ortho nitro benzene ring substituents is 1. The van der Waals surface area contributed by atoms with Crippen LogP contribution in [0.3, 0.4) is 0 Å². The van der Waals surface area contributed by atoms with Gasteiger partial charge in [0.05, 0.1) is 4.92 Å². The molecular formula is C14H8F13NO2. The molecule has 30 heavy (non-hydrogen) atoms. The summed E-state index contributed by atoms with van der Waals surface area (Å²) < 4.78 is 168. The Labute approximate surface area is 157 Å². The number of rotatable bonds is 8. The number of nitro groups is 1. The number of benzene rings is 1. The van der Waals surface area contributed by atoms with Crippen molar-refractivity contribution in [3.8, 4) is 0 Å². The van der Waals surface area contributed by atoms with Gasteiger partial charge >= 0.3 is 35.8 Å². The van der Waals surface area contributed by atoms with Crippen LogP contribution >= 0.6 is 0 Å².